The van der Waals surface area contributed by atoms with Gasteiger partial charge in [0.1, 0.15) is 24.8 Å². The third-order valence-electron chi connectivity index (χ3n) is 8.78. The molecule has 0 unspecified atom stereocenters. The molecule has 0 aromatic heterocycles. The number of hydrogen-bond acceptors (Lipinski definition) is 9. The van der Waals surface area contributed by atoms with Crippen LogP contribution in [0.1, 0.15) is 86.3 Å². The third-order valence-corrected chi connectivity index (χ3v) is 12.0. The predicted molar refractivity (Wildman–Crippen MR) is 200 cm³/mol. The second kappa shape index (κ2) is 15.2. The van der Waals surface area contributed by atoms with Gasteiger partial charge >= 0.3 is 7.82 Å². The Hall–Kier alpha value is -1.91. The van der Waals surface area contributed by atoms with Gasteiger partial charge in [0.2, 0.25) is 0 Å². The second-order valence-corrected chi connectivity index (χ2v) is 19.0. The lowest BCUT2D eigenvalue weighted by molar-refractivity contribution is -0.155. The topological polar surface area (TPSA) is 75.7 Å². The van der Waals surface area contributed by atoms with E-state index < -0.39 is 30.3 Å². The zero-order chi connectivity index (χ0) is 36.4. The van der Waals surface area contributed by atoms with E-state index >= 15 is 0 Å². The Kier molecular flexibility index (Phi) is 12.0. The molecule has 0 radical (unpaired) electrons. The largest absolute Gasteiger partial charge is 0.489 e. The minimum absolute atomic E-state index is 0.0572. The van der Waals surface area contributed by atoms with Crippen LogP contribution in [0.25, 0.3) is 0 Å². The molecule has 2 fully saturated rings. The fraction of sp³-hybridized carbons (Fsp3) is 0.538. The van der Waals surface area contributed by atoms with Crippen LogP contribution in [0.3, 0.4) is 0 Å². The summed E-state index contributed by atoms with van der Waals surface area (Å²) in [6, 6.07) is 24.4. The molecule has 3 aromatic carbocycles. The quantitative estimate of drug-likeness (QED) is 0.159. The van der Waals surface area contributed by atoms with E-state index in [0.717, 1.165) is 26.7 Å². The summed E-state index contributed by atoms with van der Waals surface area (Å²) in [4.78, 5) is 4.25. The van der Waals surface area contributed by atoms with Crippen molar-refractivity contribution in [2.75, 3.05) is 19.9 Å². The minimum atomic E-state index is -3.90. The molecule has 0 saturated carbocycles. The number of aryl methyl sites for hydroxylation is 1. The summed E-state index contributed by atoms with van der Waals surface area (Å²) in [5.41, 5.74) is -0.983. The second-order valence-electron chi connectivity index (χ2n) is 16.0. The van der Waals surface area contributed by atoms with Crippen LogP contribution in [0, 0.1) is 0 Å². The number of halogens is 1. The van der Waals surface area contributed by atoms with Crippen LogP contribution in [-0.4, -0.2) is 52.9 Å². The molecule has 274 valence electrons. The summed E-state index contributed by atoms with van der Waals surface area (Å²) in [6.07, 6.45) is 1.81. The summed E-state index contributed by atoms with van der Waals surface area (Å²) in [5, 5.41) is 0.674. The number of benzene rings is 3. The number of nitrogens with zero attached hydrogens (tertiary/aromatic N) is 1. The van der Waals surface area contributed by atoms with Crippen LogP contribution in [0.4, 0.5) is 0 Å². The van der Waals surface area contributed by atoms with Gasteiger partial charge in [0.05, 0.1) is 35.6 Å². The van der Waals surface area contributed by atoms with E-state index in [1.165, 1.54) is 0 Å². The van der Waals surface area contributed by atoms with Crippen LogP contribution in [0.2, 0.25) is 5.02 Å². The standard InChI is InChI=1S/C39H53ClNO7PS/c1-35(2,3)45-28-41-38(8,9)44-26-39(41,27-46-49(42)47-36(4,5)25-37(6,7)48-49)21-20-30-18-19-33(23-34(30)40)50-32-17-13-16-31(22-32)43-24-29-14-11-10-12-15-29/h10-19,22-23H,20-21,24-28H2,1-9H3/t39-/m0/s1. The van der Waals surface area contributed by atoms with Crippen molar-refractivity contribution in [1.29, 1.82) is 0 Å². The van der Waals surface area contributed by atoms with Crippen molar-refractivity contribution < 1.29 is 32.3 Å². The Balaban J connectivity index is 1.32. The maximum Gasteiger partial charge on any atom is 0.475 e. The van der Waals surface area contributed by atoms with Crippen LogP contribution < -0.4 is 4.74 Å². The van der Waals surface area contributed by atoms with Crippen molar-refractivity contribution in [3.8, 4) is 5.75 Å². The van der Waals surface area contributed by atoms with Crippen molar-refractivity contribution in [3.05, 3.63) is 88.9 Å². The molecule has 0 N–H and O–H groups in total. The maximum absolute atomic E-state index is 14.0. The predicted octanol–water partition coefficient (Wildman–Crippen LogP) is 10.7. The molecule has 2 aliphatic heterocycles. The average molecular weight is 746 g/mol. The Morgan fingerprint density at radius 3 is 2.24 bits per heavy atom. The lowest BCUT2D eigenvalue weighted by Crippen LogP contribution is -2.57. The molecule has 1 atom stereocenters. The molecule has 8 nitrogen and oxygen atoms in total. The molecular formula is C39H53ClNO7PS. The first-order valence-electron chi connectivity index (χ1n) is 17.2. The molecule has 0 spiro atoms. The first kappa shape index (κ1) is 39.3. The molecule has 5 rings (SSSR count). The molecule has 0 amide bonds. The maximum atomic E-state index is 14.0. The van der Waals surface area contributed by atoms with Crippen molar-refractivity contribution in [2.45, 2.75) is 126 Å². The number of phosphoric ester groups is 1. The van der Waals surface area contributed by atoms with E-state index in [1.54, 1.807) is 11.8 Å². The monoisotopic (exact) mass is 745 g/mol. The zero-order valence-electron chi connectivity index (χ0n) is 30.9. The van der Waals surface area contributed by atoms with Gasteiger partial charge in [0.15, 0.2) is 0 Å². The van der Waals surface area contributed by atoms with Gasteiger partial charge in [-0.15, -0.1) is 0 Å². The summed E-state index contributed by atoms with van der Waals surface area (Å²) < 4.78 is 50.9. The molecule has 0 bridgehead atoms. The molecular weight excluding hydrogens is 693 g/mol. The van der Waals surface area contributed by atoms with E-state index in [2.05, 4.69) is 35.2 Å². The molecule has 3 aromatic rings. The van der Waals surface area contributed by atoms with Crippen LogP contribution >= 0.6 is 31.2 Å². The highest BCUT2D eigenvalue weighted by atomic mass is 35.5. The molecule has 2 saturated heterocycles. The Morgan fingerprint density at radius 2 is 1.58 bits per heavy atom. The summed E-state index contributed by atoms with van der Waals surface area (Å²) in [5.74, 6) is 0.814. The highest BCUT2D eigenvalue weighted by Gasteiger charge is 2.55. The van der Waals surface area contributed by atoms with Gasteiger partial charge in [-0.25, -0.2) is 9.46 Å². The normalized spacial score (nSPS) is 22.8. The van der Waals surface area contributed by atoms with Gasteiger partial charge in [-0.05, 0) is 117 Å². The van der Waals surface area contributed by atoms with Gasteiger partial charge in [-0.1, -0.05) is 65.8 Å². The number of rotatable bonds is 13. The first-order valence-corrected chi connectivity index (χ1v) is 19.9. The number of ether oxygens (including phenoxy) is 3. The summed E-state index contributed by atoms with van der Waals surface area (Å²) >= 11 is 8.58. The number of phosphoric acid groups is 1. The lowest BCUT2D eigenvalue weighted by Gasteiger charge is -2.46. The molecule has 2 heterocycles. The van der Waals surface area contributed by atoms with Crippen molar-refractivity contribution in [3.63, 3.8) is 0 Å². The van der Waals surface area contributed by atoms with E-state index in [9.17, 15) is 4.57 Å². The van der Waals surface area contributed by atoms with Gasteiger partial charge in [0.25, 0.3) is 0 Å². The Morgan fingerprint density at radius 1 is 0.900 bits per heavy atom. The van der Waals surface area contributed by atoms with E-state index in [0.29, 0.717) is 44.2 Å². The lowest BCUT2D eigenvalue weighted by atomic mass is 9.91. The van der Waals surface area contributed by atoms with Crippen LogP contribution in [-0.2, 0) is 40.6 Å². The van der Waals surface area contributed by atoms with Crippen molar-refractivity contribution in [1.82, 2.24) is 4.90 Å². The highest BCUT2D eigenvalue weighted by Crippen LogP contribution is 2.61. The Labute approximate surface area is 308 Å². The fourth-order valence-corrected chi connectivity index (χ4v) is 9.75. The highest BCUT2D eigenvalue weighted by molar-refractivity contribution is 7.99. The van der Waals surface area contributed by atoms with Crippen molar-refractivity contribution in [2.24, 2.45) is 0 Å². The minimum Gasteiger partial charge on any atom is -0.489 e. The van der Waals surface area contributed by atoms with Gasteiger partial charge < -0.3 is 14.2 Å². The van der Waals surface area contributed by atoms with E-state index in [-0.39, 0.29) is 12.2 Å². The third kappa shape index (κ3) is 10.6. The molecule has 50 heavy (non-hydrogen) atoms. The van der Waals surface area contributed by atoms with Gasteiger partial charge in [0, 0.05) is 21.2 Å². The first-order chi connectivity index (χ1) is 23.3. The molecule has 11 heteroatoms. The van der Waals surface area contributed by atoms with Gasteiger partial charge in [-0.2, -0.15) is 0 Å². The molecule has 0 aliphatic carbocycles. The van der Waals surface area contributed by atoms with E-state index in [4.69, 9.17) is 39.4 Å². The summed E-state index contributed by atoms with van der Waals surface area (Å²) in [6.45, 7) is 18.9. The smallest absolute Gasteiger partial charge is 0.475 e. The molecule has 2 aliphatic rings. The van der Waals surface area contributed by atoms with Crippen LogP contribution in [0.15, 0.2) is 82.6 Å². The average Bonchev–Trinajstić information content (AvgIpc) is 3.25. The number of hydrogen-bond donors (Lipinski definition) is 0. The van der Waals surface area contributed by atoms with Gasteiger partial charge in [-0.3, -0.25) is 13.6 Å². The Bertz CT molecular complexity index is 1640. The van der Waals surface area contributed by atoms with Crippen molar-refractivity contribution >= 4 is 31.2 Å². The zero-order valence-corrected chi connectivity index (χ0v) is 33.4. The fourth-order valence-electron chi connectivity index (χ4n) is 6.62. The summed E-state index contributed by atoms with van der Waals surface area (Å²) in [7, 11) is -3.90. The van der Waals surface area contributed by atoms with E-state index in [1.807, 2.05) is 105 Å². The SMILES string of the molecule is CC(C)(C)OCN1C(C)(C)OC[C@@]1(CCc1ccc(Sc2cccc(OCc3ccccc3)c2)cc1Cl)COP1(=O)OC(C)(C)CC(C)(C)O1. The van der Waals surface area contributed by atoms with Crippen LogP contribution in [0.5, 0.6) is 5.75 Å².